The SMILES string of the molecule is Cc1ccc(NC(=O)c2ccc(C)c(C(F)(F)F)c2)cc1C#Cc1nn(C2CCCN(C(=O)[C@@H](C)O)C2)c2ncnc(N)c12. The molecule has 2 atom stereocenters. The summed E-state index contributed by atoms with van der Waals surface area (Å²) in [7, 11) is 0. The summed E-state index contributed by atoms with van der Waals surface area (Å²) in [5.41, 5.74) is 7.71. The summed E-state index contributed by atoms with van der Waals surface area (Å²) in [4.78, 5) is 35.4. The highest BCUT2D eigenvalue weighted by Gasteiger charge is 2.33. The number of nitrogens with one attached hydrogen (secondary N) is 1. The number of aliphatic hydroxyl groups is 1. The number of piperidine rings is 1. The largest absolute Gasteiger partial charge is 0.416 e. The Labute approximate surface area is 251 Å². The fourth-order valence-corrected chi connectivity index (χ4v) is 5.19. The second kappa shape index (κ2) is 12.0. The molecule has 3 heterocycles. The molecule has 2 amide bonds. The van der Waals surface area contributed by atoms with Crippen molar-refractivity contribution in [3.63, 3.8) is 0 Å². The molecule has 1 unspecified atom stereocenters. The van der Waals surface area contributed by atoms with Gasteiger partial charge in [-0.25, -0.2) is 14.6 Å². The van der Waals surface area contributed by atoms with Gasteiger partial charge in [0.1, 0.15) is 23.9 Å². The molecule has 1 aliphatic heterocycles. The fraction of sp³-hybridized carbons (Fsp3) is 0.323. The van der Waals surface area contributed by atoms with Gasteiger partial charge in [0.05, 0.1) is 17.0 Å². The van der Waals surface area contributed by atoms with Gasteiger partial charge >= 0.3 is 6.18 Å². The van der Waals surface area contributed by atoms with Gasteiger partial charge in [-0.1, -0.05) is 18.1 Å². The van der Waals surface area contributed by atoms with Crippen LogP contribution in [0.1, 0.15) is 64.1 Å². The van der Waals surface area contributed by atoms with Crippen LogP contribution in [0.25, 0.3) is 11.0 Å². The number of hydrogen-bond acceptors (Lipinski definition) is 7. The molecule has 0 spiro atoms. The van der Waals surface area contributed by atoms with Crippen LogP contribution in [0.15, 0.2) is 42.7 Å². The van der Waals surface area contributed by atoms with Gasteiger partial charge in [-0.05, 0) is 74.9 Å². The monoisotopic (exact) mass is 605 g/mol. The van der Waals surface area contributed by atoms with E-state index in [4.69, 9.17) is 10.8 Å². The van der Waals surface area contributed by atoms with Crippen LogP contribution in [0, 0.1) is 25.7 Å². The van der Waals surface area contributed by atoms with Crippen LogP contribution in [0.5, 0.6) is 0 Å². The first-order valence-corrected chi connectivity index (χ1v) is 13.9. The van der Waals surface area contributed by atoms with Crippen LogP contribution in [-0.4, -0.2) is 60.8 Å². The van der Waals surface area contributed by atoms with Gasteiger partial charge in [0.25, 0.3) is 11.8 Å². The van der Waals surface area contributed by atoms with Gasteiger partial charge in [0.2, 0.25) is 0 Å². The van der Waals surface area contributed by atoms with Gasteiger partial charge in [-0.3, -0.25) is 9.59 Å². The summed E-state index contributed by atoms with van der Waals surface area (Å²) in [6.07, 6.45) is -2.92. The lowest BCUT2D eigenvalue weighted by molar-refractivity contribution is -0.141. The lowest BCUT2D eigenvalue weighted by Crippen LogP contribution is -2.44. The van der Waals surface area contributed by atoms with Crippen molar-refractivity contribution in [3.8, 4) is 11.8 Å². The fourth-order valence-electron chi connectivity index (χ4n) is 5.19. The Hall–Kier alpha value is -4.96. The zero-order valence-corrected chi connectivity index (χ0v) is 24.2. The average molecular weight is 606 g/mol. The van der Waals surface area contributed by atoms with Gasteiger partial charge < -0.3 is 21.1 Å². The van der Waals surface area contributed by atoms with E-state index < -0.39 is 23.8 Å². The maximum Gasteiger partial charge on any atom is 0.416 e. The number of nitrogens with zero attached hydrogens (tertiary/aromatic N) is 5. The summed E-state index contributed by atoms with van der Waals surface area (Å²) in [6, 6.07) is 8.21. The standard InChI is InChI=1S/C31H30F3N7O3/c1-17-7-10-22(38-29(43)21-8-6-18(2)24(14-21)31(32,33)34)13-20(17)9-11-25-26-27(35)36-16-37-28(26)41(39-25)23-5-4-12-40(15-23)30(44)19(3)42/h6-8,10,13-14,16,19,23,42H,4-5,12,15H2,1-3H3,(H,38,43)(H2,35,36,37)/t19-,23?/m1/s1. The number of carbonyl (C=O) groups excluding carboxylic acids is 2. The van der Waals surface area contributed by atoms with Gasteiger partial charge in [-0.15, -0.1) is 0 Å². The van der Waals surface area contributed by atoms with Crippen LogP contribution in [-0.2, 0) is 11.0 Å². The van der Waals surface area contributed by atoms with Crippen molar-refractivity contribution in [3.05, 3.63) is 76.2 Å². The van der Waals surface area contributed by atoms with E-state index >= 15 is 0 Å². The van der Waals surface area contributed by atoms with Gasteiger partial charge in [-0.2, -0.15) is 18.3 Å². The maximum atomic E-state index is 13.4. The number of nitrogens with two attached hydrogens (primary N) is 1. The summed E-state index contributed by atoms with van der Waals surface area (Å²) < 4.78 is 41.8. The highest BCUT2D eigenvalue weighted by atomic mass is 19.4. The first kappa shape index (κ1) is 30.5. The highest BCUT2D eigenvalue weighted by molar-refractivity contribution is 6.04. The molecule has 4 aromatic rings. The molecule has 0 bridgehead atoms. The number of carbonyl (C=O) groups is 2. The van der Waals surface area contributed by atoms with Crippen molar-refractivity contribution >= 4 is 34.4 Å². The molecular formula is C31H30F3N7O3. The summed E-state index contributed by atoms with van der Waals surface area (Å²) in [5.74, 6) is 5.24. The minimum Gasteiger partial charge on any atom is -0.384 e. The average Bonchev–Trinajstić information content (AvgIpc) is 3.36. The minimum atomic E-state index is -4.58. The van der Waals surface area contributed by atoms with E-state index in [1.165, 1.54) is 32.3 Å². The number of aryl methyl sites for hydroxylation is 2. The molecule has 0 aliphatic carbocycles. The summed E-state index contributed by atoms with van der Waals surface area (Å²) in [5, 5.41) is 17.6. The second-order valence-electron chi connectivity index (χ2n) is 10.8. The van der Waals surface area contributed by atoms with Crippen molar-refractivity contribution in [2.45, 2.75) is 51.9 Å². The molecule has 13 heteroatoms. The predicted octanol–water partition coefficient (Wildman–Crippen LogP) is 4.24. The van der Waals surface area contributed by atoms with Crippen molar-refractivity contribution in [2.24, 2.45) is 0 Å². The van der Waals surface area contributed by atoms with E-state index in [0.29, 0.717) is 47.5 Å². The number of likely N-dealkylation sites (tertiary alicyclic amines) is 1. The van der Waals surface area contributed by atoms with Crippen LogP contribution >= 0.6 is 0 Å². The number of amides is 2. The zero-order valence-electron chi connectivity index (χ0n) is 24.2. The molecular weight excluding hydrogens is 575 g/mol. The summed E-state index contributed by atoms with van der Waals surface area (Å²) in [6.45, 7) is 5.47. The first-order chi connectivity index (χ1) is 20.8. The topological polar surface area (TPSA) is 139 Å². The molecule has 228 valence electrons. The minimum absolute atomic E-state index is 0.0250. The lowest BCUT2D eigenvalue weighted by atomic mass is 10.0. The van der Waals surface area contributed by atoms with Crippen LogP contribution in [0.3, 0.4) is 0 Å². The van der Waals surface area contributed by atoms with E-state index in [0.717, 1.165) is 18.1 Å². The molecule has 1 aliphatic rings. The van der Waals surface area contributed by atoms with Crippen LogP contribution < -0.4 is 11.1 Å². The van der Waals surface area contributed by atoms with Crippen molar-refractivity contribution < 1.29 is 27.9 Å². The summed E-state index contributed by atoms with van der Waals surface area (Å²) >= 11 is 0. The Bertz CT molecular complexity index is 1820. The van der Waals surface area contributed by atoms with Crippen molar-refractivity contribution in [1.29, 1.82) is 0 Å². The number of fused-ring (bicyclic) bond motifs is 1. The maximum absolute atomic E-state index is 13.4. The number of nitrogen functional groups attached to an aromatic ring is 1. The third kappa shape index (κ3) is 6.21. The Balaban J connectivity index is 1.44. The van der Waals surface area contributed by atoms with Gasteiger partial charge in [0, 0.05) is 29.9 Å². The Kier molecular flexibility index (Phi) is 8.29. The van der Waals surface area contributed by atoms with Crippen molar-refractivity contribution in [2.75, 3.05) is 24.1 Å². The van der Waals surface area contributed by atoms with Crippen LogP contribution in [0.2, 0.25) is 0 Å². The number of aliphatic hydroxyl groups excluding tert-OH is 1. The number of halogens is 3. The van der Waals surface area contributed by atoms with E-state index in [9.17, 15) is 27.9 Å². The molecule has 10 nitrogen and oxygen atoms in total. The number of benzene rings is 2. The first-order valence-electron chi connectivity index (χ1n) is 13.9. The molecule has 0 radical (unpaired) electrons. The molecule has 1 saturated heterocycles. The molecule has 2 aromatic heterocycles. The normalized spacial score (nSPS) is 15.9. The lowest BCUT2D eigenvalue weighted by Gasteiger charge is -2.33. The number of aromatic nitrogens is 4. The van der Waals surface area contributed by atoms with E-state index in [-0.39, 0.29) is 28.9 Å². The number of alkyl halides is 3. The molecule has 0 saturated carbocycles. The highest BCUT2D eigenvalue weighted by Crippen LogP contribution is 2.33. The Morgan fingerprint density at radius 1 is 1.11 bits per heavy atom. The number of hydrogen-bond donors (Lipinski definition) is 3. The molecule has 44 heavy (non-hydrogen) atoms. The number of anilines is 2. The molecule has 5 rings (SSSR count). The predicted molar refractivity (Wildman–Crippen MR) is 158 cm³/mol. The molecule has 2 aromatic carbocycles. The molecule has 1 fully saturated rings. The van der Waals surface area contributed by atoms with E-state index in [2.05, 4.69) is 27.1 Å². The second-order valence-corrected chi connectivity index (χ2v) is 10.8. The third-order valence-electron chi connectivity index (χ3n) is 7.55. The third-order valence-corrected chi connectivity index (χ3v) is 7.55. The Morgan fingerprint density at radius 3 is 2.59 bits per heavy atom. The van der Waals surface area contributed by atoms with E-state index in [1.54, 1.807) is 27.8 Å². The smallest absolute Gasteiger partial charge is 0.384 e. The zero-order chi connectivity index (χ0) is 31.8. The molecule has 4 N–H and O–H groups in total. The van der Waals surface area contributed by atoms with Crippen molar-refractivity contribution in [1.82, 2.24) is 24.6 Å². The Morgan fingerprint density at radius 2 is 1.86 bits per heavy atom. The van der Waals surface area contributed by atoms with E-state index in [1.807, 2.05) is 6.92 Å². The number of rotatable bonds is 4. The van der Waals surface area contributed by atoms with Gasteiger partial charge in [0.15, 0.2) is 5.65 Å². The quantitative estimate of drug-likeness (QED) is 0.296. The van der Waals surface area contributed by atoms with Crippen LogP contribution in [0.4, 0.5) is 24.7 Å².